The highest BCUT2D eigenvalue weighted by molar-refractivity contribution is 6.58. The molecule has 0 aliphatic carbocycles. The van der Waals surface area contributed by atoms with Crippen molar-refractivity contribution in [2.24, 2.45) is 0 Å². The first-order valence-electron chi connectivity index (χ1n) is 5.83. The molecule has 0 bridgehead atoms. The molecule has 0 saturated heterocycles. The maximum Gasteiger partial charge on any atom is 0.825 e. The minimum atomic E-state index is -3.87. The van der Waals surface area contributed by atoms with Gasteiger partial charge < -0.3 is 17.7 Å². The van der Waals surface area contributed by atoms with Crippen molar-refractivity contribution in [2.45, 2.75) is 27.7 Å². The number of hydrogen-bond acceptors (Lipinski definition) is 6. The molecule has 0 unspecified atom stereocenters. The highest BCUT2D eigenvalue weighted by Gasteiger charge is 2.54. The summed E-state index contributed by atoms with van der Waals surface area (Å²) in [5.41, 5.74) is 0.310. The van der Waals surface area contributed by atoms with Gasteiger partial charge in [-0.15, -0.1) is 0 Å². The van der Waals surface area contributed by atoms with Crippen molar-refractivity contribution >= 4 is 21.0 Å². The molecular weight excluding hydrogens is 268 g/mol. The first-order valence-corrected chi connectivity index (χ1v) is 7.46. The van der Waals surface area contributed by atoms with Crippen LogP contribution >= 0.6 is 0 Å². The topological polar surface area (TPSA) is 71.1 Å². The van der Waals surface area contributed by atoms with Gasteiger partial charge in [0.1, 0.15) is 0 Å². The molecule has 7 heteroatoms. The van der Waals surface area contributed by atoms with Crippen LogP contribution in [0.15, 0.2) is 24.3 Å². The fourth-order valence-corrected chi connectivity index (χ4v) is 2.81. The van der Waals surface area contributed by atoms with Crippen molar-refractivity contribution in [1.82, 2.24) is 0 Å². The average molecular weight is 288 g/mol. The molecule has 19 heavy (non-hydrogen) atoms. The summed E-state index contributed by atoms with van der Waals surface area (Å²) >= 11 is 0. The van der Waals surface area contributed by atoms with E-state index in [1.807, 2.05) is 0 Å². The third kappa shape index (κ3) is 5.82. The second kappa shape index (κ2) is 7.88. The van der Waals surface area contributed by atoms with Crippen LogP contribution in [0.4, 0.5) is 0 Å². The molecule has 0 fully saturated rings. The summed E-state index contributed by atoms with van der Waals surface area (Å²) in [6.07, 6.45) is 0. The van der Waals surface area contributed by atoms with E-state index in [1.54, 1.807) is 13.8 Å². The van der Waals surface area contributed by atoms with Gasteiger partial charge in [-0.3, -0.25) is 0 Å². The molecule has 0 aliphatic heterocycles. The van der Waals surface area contributed by atoms with Gasteiger partial charge in [-0.2, -0.15) is 0 Å². The number of rotatable bonds is 8. The van der Waals surface area contributed by atoms with Crippen LogP contribution < -0.4 is 0 Å². The molecule has 0 rings (SSSR count). The first-order chi connectivity index (χ1) is 8.78. The van der Waals surface area contributed by atoms with Gasteiger partial charge in [0, 0.05) is 24.4 Å². The summed E-state index contributed by atoms with van der Waals surface area (Å²) in [7, 11) is -3.87. The lowest BCUT2D eigenvalue weighted by Crippen LogP contribution is -2.52. The quantitative estimate of drug-likeness (QED) is 0.500. The smallest absolute Gasteiger partial charge is 0.439 e. The van der Waals surface area contributed by atoms with Crippen molar-refractivity contribution in [1.29, 1.82) is 0 Å². The second-order valence-electron chi connectivity index (χ2n) is 3.71. The Kier molecular flexibility index (Phi) is 7.28. The molecule has 0 aliphatic rings. The van der Waals surface area contributed by atoms with E-state index >= 15 is 0 Å². The molecule has 0 aromatic carbocycles. The highest BCUT2D eigenvalue weighted by atomic mass is 28.4. The van der Waals surface area contributed by atoms with Gasteiger partial charge in [0.2, 0.25) is 0 Å². The molecule has 6 nitrogen and oxygen atoms in total. The van der Waals surface area contributed by atoms with Gasteiger partial charge in [-0.25, -0.2) is 9.59 Å². The molecular formula is C12H20O6Si. The second-order valence-corrected chi connectivity index (χ2v) is 5.69. The van der Waals surface area contributed by atoms with Gasteiger partial charge in [-0.1, -0.05) is 13.2 Å². The number of carbonyl (C=O) groups excluding carboxylic acids is 2. The van der Waals surface area contributed by atoms with E-state index in [4.69, 9.17) is 17.7 Å². The minimum absolute atomic E-state index is 0.155. The molecule has 0 N–H and O–H groups in total. The Morgan fingerprint density at radius 1 is 0.895 bits per heavy atom. The van der Waals surface area contributed by atoms with E-state index in [0.29, 0.717) is 0 Å². The van der Waals surface area contributed by atoms with Crippen LogP contribution in [-0.2, 0) is 27.3 Å². The van der Waals surface area contributed by atoms with Gasteiger partial charge in [-0.05, 0) is 27.7 Å². The molecule has 108 valence electrons. The van der Waals surface area contributed by atoms with E-state index in [9.17, 15) is 9.59 Å². The van der Waals surface area contributed by atoms with Crippen LogP contribution in [0.5, 0.6) is 0 Å². The van der Waals surface area contributed by atoms with Crippen LogP contribution in [0.25, 0.3) is 0 Å². The average Bonchev–Trinajstić information content (AvgIpc) is 2.29. The normalized spacial score (nSPS) is 10.7. The van der Waals surface area contributed by atoms with Crippen LogP contribution in [-0.4, -0.2) is 34.2 Å². The van der Waals surface area contributed by atoms with Gasteiger partial charge in [0.15, 0.2) is 0 Å². The Balaban J connectivity index is 5.16. The first kappa shape index (κ1) is 17.6. The molecule has 0 atom stereocenters. The van der Waals surface area contributed by atoms with E-state index in [1.165, 1.54) is 13.8 Å². The van der Waals surface area contributed by atoms with Crippen molar-refractivity contribution < 1.29 is 27.3 Å². The summed E-state index contributed by atoms with van der Waals surface area (Å²) in [5.74, 6) is -1.47. The summed E-state index contributed by atoms with van der Waals surface area (Å²) < 4.78 is 20.7. The lowest BCUT2D eigenvalue weighted by Gasteiger charge is -2.25. The highest BCUT2D eigenvalue weighted by Crippen LogP contribution is 2.16. The standard InChI is InChI=1S/C12H20O6Si/c1-7-15-19(16-8-2,17-11(13)9(3)4)18-12(14)10(5)6/h3,5,7-8H2,1-2,4,6H3. The van der Waals surface area contributed by atoms with Gasteiger partial charge in [0.25, 0.3) is 0 Å². The molecule has 0 radical (unpaired) electrons. The Morgan fingerprint density at radius 2 is 1.21 bits per heavy atom. The van der Waals surface area contributed by atoms with E-state index < -0.39 is 21.0 Å². The lowest BCUT2D eigenvalue weighted by molar-refractivity contribution is -0.148. The Bertz CT molecular complexity index is 340. The molecule has 0 amide bonds. The van der Waals surface area contributed by atoms with Crippen molar-refractivity contribution in [3.8, 4) is 0 Å². The molecule has 0 saturated carbocycles. The zero-order chi connectivity index (χ0) is 15.1. The van der Waals surface area contributed by atoms with Gasteiger partial charge >= 0.3 is 21.0 Å². The van der Waals surface area contributed by atoms with Crippen molar-refractivity contribution in [3.05, 3.63) is 24.3 Å². The maximum absolute atomic E-state index is 11.6. The Morgan fingerprint density at radius 3 is 1.42 bits per heavy atom. The summed E-state index contributed by atoms with van der Waals surface area (Å²) in [6, 6.07) is 0. The SMILES string of the molecule is C=C(C)C(=O)O[Si](OCC)(OCC)OC(=O)C(=C)C. The van der Waals surface area contributed by atoms with Crippen LogP contribution in [0.3, 0.4) is 0 Å². The Labute approximate surface area is 114 Å². The Hall–Kier alpha value is -1.44. The predicted molar refractivity (Wildman–Crippen MR) is 70.8 cm³/mol. The van der Waals surface area contributed by atoms with Crippen molar-refractivity contribution in [3.63, 3.8) is 0 Å². The van der Waals surface area contributed by atoms with E-state index in [-0.39, 0.29) is 24.4 Å². The van der Waals surface area contributed by atoms with Crippen LogP contribution in [0.1, 0.15) is 27.7 Å². The zero-order valence-electron chi connectivity index (χ0n) is 11.8. The molecule has 0 aromatic rings. The fourth-order valence-electron chi connectivity index (χ4n) is 0.935. The third-order valence-corrected chi connectivity index (χ3v) is 3.93. The lowest BCUT2D eigenvalue weighted by atomic mass is 10.4. The number of hydrogen-bond donors (Lipinski definition) is 0. The largest absolute Gasteiger partial charge is 0.825 e. The summed E-state index contributed by atoms with van der Waals surface area (Å²) in [6.45, 7) is 13.5. The molecule has 0 spiro atoms. The number of carbonyl (C=O) groups is 2. The monoisotopic (exact) mass is 288 g/mol. The van der Waals surface area contributed by atoms with Crippen molar-refractivity contribution in [2.75, 3.05) is 13.2 Å². The minimum Gasteiger partial charge on any atom is -0.439 e. The van der Waals surface area contributed by atoms with Gasteiger partial charge in [0.05, 0.1) is 0 Å². The molecule has 0 heterocycles. The zero-order valence-corrected chi connectivity index (χ0v) is 12.8. The predicted octanol–water partition coefficient (Wildman–Crippen LogP) is 1.73. The van der Waals surface area contributed by atoms with Crippen LogP contribution in [0.2, 0.25) is 0 Å². The molecule has 0 aromatic heterocycles. The third-order valence-electron chi connectivity index (χ3n) is 1.77. The summed E-state index contributed by atoms with van der Waals surface area (Å²) in [5, 5.41) is 0. The van der Waals surface area contributed by atoms with Crippen LogP contribution in [0, 0.1) is 0 Å². The van der Waals surface area contributed by atoms with E-state index in [0.717, 1.165) is 0 Å². The summed E-state index contributed by atoms with van der Waals surface area (Å²) in [4.78, 5) is 23.2. The maximum atomic E-state index is 11.6. The van der Waals surface area contributed by atoms with E-state index in [2.05, 4.69) is 13.2 Å². The fraction of sp³-hybridized carbons (Fsp3) is 0.500.